The normalized spacial score (nSPS) is 14.9. The maximum absolute atomic E-state index is 12.6. The molecule has 0 rings (SSSR count). The van der Waals surface area contributed by atoms with Gasteiger partial charge < -0.3 is 29.7 Å². The Labute approximate surface area is 351 Å². The predicted octanol–water partition coefficient (Wildman–Crippen LogP) is 10.9. The monoisotopic (exact) mass is 841 g/mol. The van der Waals surface area contributed by atoms with Crippen LogP contribution in [0.25, 0.3) is 0 Å². The Hall–Kier alpha value is -2.37. The standard InChI is InChI=1S/C46H81O11P/c1-3-5-7-9-11-12-13-14-15-16-17-18-19-20-25-29-33-37-46(51)57-44(41-56-58(52,53)55-39-43(49)38-47)40-54-45(50)36-32-28-24-22-21-23-27-31-35-42(48)34-30-26-10-8-6-4-2/h14-15,22-24,26-27,30-31,35,42-44,47-49H,3-13,16-21,25,28-29,32-34,36-41H2,1-2H3,(H,52,53)/b15-14-,24-22-,27-23-,30-26-,35-31+/t42-,43+,44-/m1/s1. The SMILES string of the molecule is CCCCC/C=C\C[C@@H](O)/C=C/C=C\C/C=C\CCCC(=O)OC[C@H](COP(=O)(O)OC[C@@H](O)CO)OC(=O)CCCCCCCCC/C=C\CCCCCCCC. The maximum Gasteiger partial charge on any atom is 0.472 e. The van der Waals surface area contributed by atoms with Gasteiger partial charge in [-0.25, -0.2) is 4.57 Å². The zero-order chi connectivity index (χ0) is 42.8. The average Bonchev–Trinajstić information content (AvgIpc) is 3.21. The molecule has 0 saturated heterocycles. The van der Waals surface area contributed by atoms with Crippen LogP contribution in [0.4, 0.5) is 0 Å². The molecule has 4 N–H and O–H groups in total. The third-order valence-electron chi connectivity index (χ3n) is 9.22. The fourth-order valence-electron chi connectivity index (χ4n) is 5.71. The van der Waals surface area contributed by atoms with E-state index >= 15 is 0 Å². The Morgan fingerprint density at radius 3 is 1.76 bits per heavy atom. The van der Waals surface area contributed by atoms with Gasteiger partial charge in [0.1, 0.15) is 12.7 Å². The Bertz CT molecular complexity index is 1170. The molecular weight excluding hydrogens is 759 g/mol. The summed E-state index contributed by atoms with van der Waals surface area (Å²) in [7, 11) is -4.65. The molecule has 0 aromatic heterocycles. The van der Waals surface area contributed by atoms with E-state index in [1.54, 1.807) is 6.08 Å². The van der Waals surface area contributed by atoms with Gasteiger partial charge in [-0.2, -0.15) is 0 Å². The first-order valence-electron chi connectivity index (χ1n) is 22.4. The van der Waals surface area contributed by atoms with Crippen molar-refractivity contribution in [1.82, 2.24) is 0 Å². The quantitative estimate of drug-likeness (QED) is 0.0152. The van der Waals surface area contributed by atoms with Crippen molar-refractivity contribution in [3.05, 3.63) is 60.8 Å². The number of carbonyl (C=O) groups excluding carboxylic acids is 2. The van der Waals surface area contributed by atoms with Crippen LogP contribution in [0.15, 0.2) is 60.8 Å². The molecule has 0 saturated carbocycles. The summed E-state index contributed by atoms with van der Waals surface area (Å²) in [5.74, 6) is -1.04. The second-order valence-electron chi connectivity index (χ2n) is 14.9. The number of aliphatic hydroxyl groups excluding tert-OH is 3. The van der Waals surface area contributed by atoms with Crippen LogP contribution in [0.3, 0.4) is 0 Å². The summed E-state index contributed by atoms with van der Waals surface area (Å²) in [6.07, 6.45) is 42.1. The molecule has 0 bridgehead atoms. The molecule has 58 heavy (non-hydrogen) atoms. The average molecular weight is 841 g/mol. The van der Waals surface area contributed by atoms with Crippen LogP contribution < -0.4 is 0 Å². The number of rotatable bonds is 41. The summed E-state index contributed by atoms with van der Waals surface area (Å²) in [5.41, 5.74) is 0. The van der Waals surface area contributed by atoms with E-state index in [2.05, 4.69) is 36.6 Å². The number of allylic oxidation sites excluding steroid dienone is 8. The summed E-state index contributed by atoms with van der Waals surface area (Å²) in [4.78, 5) is 35.0. The van der Waals surface area contributed by atoms with Crippen LogP contribution in [-0.2, 0) is 32.7 Å². The molecule has 0 spiro atoms. The fraction of sp³-hybridized carbons (Fsp3) is 0.739. The Balaban J connectivity index is 4.44. The molecule has 0 aliphatic rings. The van der Waals surface area contributed by atoms with Gasteiger partial charge in [0.05, 0.1) is 25.9 Å². The first-order valence-corrected chi connectivity index (χ1v) is 23.8. The molecule has 1 unspecified atom stereocenters. The number of ether oxygens (including phenoxy) is 2. The van der Waals surface area contributed by atoms with Crippen molar-refractivity contribution in [3.63, 3.8) is 0 Å². The zero-order valence-corrected chi connectivity index (χ0v) is 37.0. The minimum absolute atomic E-state index is 0.131. The van der Waals surface area contributed by atoms with Crippen LogP contribution in [-0.4, -0.2) is 76.9 Å². The molecule has 0 aliphatic heterocycles. The van der Waals surface area contributed by atoms with Gasteiger partial charge in [0.15, 0.2) is 6.10 Å². The molecule has 0 amide bonds. The first kappa shape index (κ1) is 55.6. The van der Waals surface area contributed by atoms with E-state index in [0.717, 1.165) is 38.5 Å². The predicted molar refractivity (Wildman–Crippen MR) is 234 cm³/mol. The molecule has 11 nitrogen and oxygen atoms in total. The van der Waals surface area contributed by atoms with Gasteiger partial charge in [-0.3, -0.25) is 18.6 Å². The highest BCUT2D eigenvalue weighted by atomic mass is 31.2. The fourth-order valence-corrected chi connectivity index (χ4v) is 6.50. The van der Waals surface area contributed by atoms with Crippen molar-refractivity contribution in [2.45, 2.75) is 193 Å². The summed E-state index contributed by atoms with van der Waals surface area (Å²) < 4.78 is 32.6. The summed E-state index contributed by atoms with van der Waals surface area (Å²) in [5, 5.41) is 28.4. The highest BCUT2D eigenvalue weighted by Crippen LogP contribution is 2.43. The van der Waals surface area contributed by atoms with Gasteiger partial charge in [0.25, 0.3) is 0 Å². The number of aliphatic hydroxyl groups is 3. The van der Waals surface area contributed by atoms with Crippen molar-refractivity contribution < 1.29 is 52.9 Å². The van der Waals surface area contributed by atoms with Gasteiger partial charge in [-0.15, -0.1) is 0 Å². The summed E-state index contributed by atoms with van der Waals surface area (Å²) >= 11 is 0. The lowest BCUT2D eigenvalue weighted by atomic mass is 10.1. The molecule has 0 radical (unpaired) electrons. The lowest BCUT2D eigenvalue weighted by Gasteiger charge is -2.20. The van der Waals surface area contributed by atoms with Gasteiger partial charge >= 0.3 is 19.8 Å². The number of carbonyl (C=O) groups is 2. The molecule has 4 atom stereocenters. The van der Waals surface area contributed by atoms with Crippen molar-refractivity contribution in [3.8, 4) is 0 Å². The van der Waals surface area contributed by atoms with E-state index < -0.39 is 57.9 Å². The maximum atomic E-state index is 12.6. The van der Waals surface area contributed by atoms with Crippen molar-refractivity contribution in [2.75, 3.05) is 26.4 Å². The molecule has 336 valence electrons. The van der Waals surface area contributed by atoms with E-state index in [4.69, 9.17) is 19.1 Å². The number of hydrogen-bond acceptors (Lipinski definition) is 10. The Morgan fingerprint density at radius 2 is 1.10 bits per heavy atom. The minimum atomic E-state index is -4.65. The topological polar surface area (TPSA) is 169 Å². The van der Waals surface area contributed by atoms with Crippen LogP contribution in [0.1, 0.15) is 174 Å². The second kappa shape index (κ2) is 41.4. The Morgan fingerprint density at radius 1 is 0.586 bits per heavy atom. The highest BCUT2D eigenvalue weighted by molar-refractivity contribution is 7.47. The van der Waals surface area contributed by atoms with Crippen LogP contribution in [0, 0.1) is 0 Å². The number of hydrogen-bond donors (Lipinski definition) is 4. The summed E-state index contributed by atoms with van der Waals surface area (Å²) in [6.45, 7) is 2.19. The molecule has 12 heteroatoms. The number of esters is 2. The van der Waals surface area contributed by atoms with Crippen molar-refractivity contribution in [1.29, 1.82) is 0 Å². The van der Waals surface area contributed by atoms with Gasteiger partial charge in [-0.05, 0) is 70.6 Å². The number of phosphoric acid groups is 1. The van der Waals surface area contributed by atoms with Crippen LogP contribution in [0.2, 0.25) is 0 Å². The smallest absolute Gasteiger partial charge is 0.462 e. The van der Waals surface area contributed by atoms with Gasteiger partial charge in [-0.1, -0.05) is 152 Å². The third kappa shape index (κ3) is 40.4. The van der Waals surface area contributed by atoms with Gasteiger partial charge in [0.2, 0.25) is 0 Å². The molecule has 0 heterocycles. The molecule has 0 aromatic carbocycles. The Kier molecular flexibility index (Phi) is 39.7. The first-order chi connectivity index (χ1) is 28.1. The van der Waals surface area contributed by atoms with Crippen LogP contribution >= 0.6 is 7.82 Å². The molecular formula is C46H81O11P. The largest absolute Gasteiger partial charge is 0.472 e. The van der Waals surface area contributed by atoms with Crippen molar-refractivity contribution in [2.24, 2.45) is 0 Å². The molecule has 0 aliphatic carbocycles. The van der Waals surface area contributed by atoms with E-state index in [-0.39, 0.29) is 19.4 Å². The van der Waals surface area contributed by atoms with E-state index in [9.17, 15) is 29.3 Å². The number of unbranched alkanes of at least 4 members (excludes halogenated alkanes) is 17. The molecule has 0 fully saturated rings. The van der Waals surface area contributed by atoms with Crippen LogP contribution in [0.5, 0.6) is 0 Å². The highest BCUT2D eigenvalue weighted by Gasteiger charge is 2.27. The van der Waals surface area contributed by atoms with Crippen molar-refractivity contribution >= 4 is 19.8 Å². The number of phosphoric ester groups is 1. The minimum Gasteiger partial charge on any atom is -0.462 e. The van der Waals surface area contributed by atoms with Gasteiger partial charge in [0, 0.05) is 12.8 Å². The van der Waals surface area contributed by atoms with E-state index in [0.29, 0.717) is 32.1 Å². The second-order valence-corrected chi connectivity index (χ2v) is 16.4. The third-order valence-corrected chi connectivity index (χ3v) is 10.2. The molecule has 0 aromatic rings. The summed E-state index contributed by atoms with van der Waals surface area (Å²) in [6, 6.07) is 0. The lowest BCUT2D eigenvalue weighted by molar-refractivity contribution is -0.161. The van der Waals surface area contributed by atoms with E-state index in [1.807, 2.05) is 36.5 Å². The zero-order valence-electron chi connectivity index (χ0n) is 36.1. The van der Waals surface area contributed by atoms with E-state index in [1.165, 1.54) is 77.0 Å². The lowest BCUT2D eigenvalue weighted by Crippen LogP contribution is -2.29.